The Morgan fingerprint density at radius 1 is 1.17 bits per heavy atom. The van der Waals surface area contributed by atoms with Gasteiger partial charge in [0, 0.05) is 51.7 Å². The number of rotatable bonds is 6. The highest BCUT2D eigenvalue weighted by Crippen LogP contribution is 2.10. The zero-order valence-corrected chi connectivity index (χ0v) is 13.7. The van der Waals surface area contributed by atoms with Crippen molar-refractivity contribution in [3.05, 3.63) is 18.5 Å². The average Bonchev–Trinajstić information content (AvgIpc) is 2.55. The quantitative estimate of drug-likeness (QED) is 0.691. The van der Waals surface area contributed by atoms with Crippen molar-refractivity contribution in [2.24, 2.45) is 0 Å². The van der Waals surface area contributed by atoms with Gasteiger partial charge >= 0.3 is 0 Å². The molecule has 1 N–H and O–H groups in total. The number of nitrogens with one attached hydrogen (secondary N) is 1. The number of likely N-dealkylation sites (N-methyl/N-ethyl adjacent to an activating group) is 1. The smallest absolute Gasteiger partial charge is 0.232 e. The second-order valence-corrected chi connectivity index (χ2v) is 5.75. The first-order valence-corrected chi connectivity index (χ1v) is 7.77. The van der Waals surface area contributed by atoms with Crippen molar-refractivity contribution in [1.29, 1.82) is 0 Å². The second-order valence-electron chi connectivity index (χ2n) is 5.75. The Kier molecular flexibility index (Phi) is 6.28. The molecule has 126 valence electrons. The van der Waals surface area contributed by atoms with Crippen LogP contribution >= 0.6 is 0 Å². The van der Waals surface area contributed by atoms with E-state index in [1.165, 1.54) is 0 Å². The Morgan fingerprint density at radius 2 is 1.83 bits per heavy atom. The van der Waals surface area contributed by atoms with Crippen molar-refractivity contribution in [1.82, 2.24) is 25.1 Å². The van der Waals surface area contributed by atoms with Gasteiger partial charge in [0.15, 0.2) is 0 Å². The van der Waals surface area contributed by atoms with Crippen LogP contribution in [0.5, 0.6) is 0 Å². The molecule has 0 radical (unpaired) electrons. The largest absolute Gasteiger partial charge is 0.354 e. The summed E-state index contributed by atoms with van der Waals surface area (Å²) in [7, 11) is 3.88. The van der Waals surface area contributed by atoms with Crippen molar-refractivity contribution < 1.29 is 9.59 Å². The summed E-state index contributed by atoms with van der Waals surface area (Å²) < 4.78 is 0. The number of piperazine rings is 1. The van der Waals surface area contributed by atoms with E-state index in [1.54, 1.807) is 23.4 Å². The van der Waals surface area contributed by atoms with E-state index >= 15 is 0 Å². The van der Waals surface area contributed by atoms with Gasteiger partial charge in [0.25, 0.3) is 0 Å². The van der Waals surface area contributed by atoms with E-state index in [2.05, 4.69) is 15.3 Å². The van der Waals surface area contributed by atoms with E-state index < -0.39 is 0 Å². The number of hydrogen-bond donors (Lipinski definition) is 1. The van der Waals surface area contributed by atoms with Gasteiger partial charge in [-0.3, -0.25) is 9.59 Å². The van der Waals surface area contributed by atoms with Crippen LogP contribution in [0, 0.1) is 0 Å². The Morgan fingerprint density at radius 3 is 2.43 bits per heavy atom. The van der Waals surface area contributed by atoms with Gasteiger partial charge in [-0.15, -0.1) is 0 Å². The summed E-state index contributed by atoms with van der Waals surface area (Å²) in [6.07, 6.45) is 3.32. The monoisotopic (exact) mass is 320 g/mol. The lowest BCUT2D eigenvalue weighted by Crippen LogP contribution is -2.50. The van der Waals surface area contributed by atoms with Crippen LogP contribution in [-0.4, -0.2) is 84.9 Å². The Labute approximate surface area is 136 Å². The number of carbonyl (C=O) groups is 2. The summed E-state index contributed by atoms with van der Waals surface area (Å²) in [4.78, 5) is 38.1. The molecule has 0 atom stereocenters. The van der Waals surface area contributed by atoms with E-state index in [0.29, 0.717) is 38.7 Å². The predicted molar refractivity (Wildman–Crippen MR) is 87.0 cm³/mol. The topological polar surface area (TPSA) is 81.7 Å². The fraction of sp³-hybridized carbons (Fsp3) is 0.600. The minimum absolute atomic E-state index is 0.0880. The summed E-state index contributed by atoms with van der Waals surface area (Å²) >= 11 is 0. The van der Waals surface area contributed by atoms with Crippen LogP contribution in [0.15, 0.2) is 18.5 Å². The van der Waals surface area contributed by atoms with Gasteiger partial charge in [-0.1, -0.05) is 0 Å². The van der Waals surface area contributed by atoms with Gasteiger partial charge < -0.3 is 20.0 Å². The molecule has 0 unspecified atom stereocenters. The molecular formula is C15H24N6O2. The maximum Gasteiger partial charge on any atom is 0.232 e. The lowest BCUT2D eigenvalue weighted by atomic mass is 10.2. The fourth-order valence-corrected chi connectivity index (χ4v) is 2.34. The van der Waals surface area contributed by atoms with Crippen molar-refractivity contribution in [3.63, 3.8) is 0 Å². The maximum absolute atomic E-state index is 12.2. The number of amides is 2. The Balaban J connectivity index is 1.72. The molecule has 2 rings (SSSR count). The molecule has 2 heterocycles. The molecule has 2 amide bonds. The van der Waals surface area contributed by atoms with Gasteiger partial charge in [0.2, 0.25) is 17.8 Å². The number of nitrogens with zero attached hydrogens (tertiary/aromatic N) is 5. The van der Waals surface area contributed by atoms with Crippen LogP contribution < -0.4 is 10.2 Å². The third-order valence-electron chi connectivity index (χ3n) is 3.66. The molecule has 0 aromatic carbocycles. The van der Waals surface area contributed by atoms with Gasteiger partial charge in [0.05, 0.1) is 0 Å². The highest BCUT2D eigenvalue weighted by atomic mass is 16.2. The van der Waals surface area contributed by atoms with Gasteiger partial charge in [-0.2, -0.15) is 0 Å². The predicted octanol–water partition coefficient (Wildman–Crippen LogP) is -0.807. The summed E-state index contributed by atoms with van der Waals surface area (Å²) in [6.45, 7) is 3.84. The van der Waals surface area contributed by atoms with E-state index in [-0.39, 0.29) is 18.2 Å². The molecule has 8 heteroatoms. The maximum atomic E-state index is 12.2. The summed E-state index contributed by atoms with van der Waals surface area (Å²) in [5.74, 6) is 0.340. The number of anilines is 1. The highest BCUT2D eigenvalue weighted by molar-refractivity contribution is 5.96. The molecule has 0 bridgehead atoms. The first-order valence-electron chi connectivity index (χ1n) is 7.77. The molecule has 1 saturated heterocycles. The van der Waals surface area contributed by atoms with Crippen LogP contribution in [0.1, 0.15) is 6.42 Å². The molecule has 1 aliphatic heterocycles. The molecule has 1 fully saturated rings. The zero-order valence-electron chi connectivity index (χ0n) is 13.7. The molecule has 1 aliphatic rings. The van der Waals surface area contributed by atoms with E-state index in [9.17, 15) is 9.59 Å². The molecular weight excluding hydrogens is 296 g/mol. The van der Waals surface area contributed by atoms with Crippen LogP contribution in [0.4, 0.5) is 5.95 Å². The van der Waals surface area contributed by atoms with Crippen LogP contribution in [0.3, 0.4) is 0 Å². The van der Waals surface area contributed by atoms with Crippen molar-refractivity contribution >= 4 is 17.8 Å². The van der Waals surface area contributed by atoms with Crippen molar-refractivity contribution in [2.45, 2.75) is 6.42 Å². The minimum atomic E-state index is -0.217. The van der Waals surface area contributed by atoms with Gasteiger partial charge in [-0.05, 0) is 20.2 Å². The third-order valence-corrected chi connectivity index (χ3v) is 3.66. The number of hydrogen-bond acceptors (Lipinski definition) is 6. The van der Waals surface area contributed by atoms with Crippen molar-refractivity contribution in [2.75, 3.05) is 58.3 Å². The van der Waals surface area contributed by atoms with E-state index in [1.807, 2.05) is 23.9 Å². The molecule has 23 heavy (non-hydrogen) atoms. The molecule has 0 saturated carbocycles. The average molecular weight is 320 g/mol. The van der Waals surface area contributed by atoms with E-state index in [4.69, 9.17) is 0 Å². The van der Waals surface area contributed by atoms with Gasteiger partial charge in [-0.25, -0.2) is 9.97 Å². The lowest BCUT2D eigenvalue weighted by Gasteiger charge is -2.34. The first-order chi connectivity index (χ1) is 11.1. The molecule has 1 aromatic heterocycles. The second kappa shape index (κ2) is 8.42. The zero-order chi connectivity index (χ0) is 16.7. The van der Waals surface area contributed by atoms with Crippen molar-refractivity contribution in [3.8, 4) is 0 Å². The summed E-state index contributed by atoms with van der Waals surface area (Å²) in [5.41, 5.74) is 0. The van der Waals surface area contributed by atoms with E-state index in [0.717, 1.165) is 6.54 Å². The standard InChI is InChI=1S/C15H24N6O2/c1-19(2)7-6-16-13(22)12-14(23)20-8-10-21(11-9-20)15-17-4-3-5-18-15/h3-5H,6-12H2,1-2H3,(H,16,22). The molecule has 0 spiro atoms. The van der Waals surface area contributed by atoms with Crippen LogP contribution in [0.2, 0.25) is 0 Å². The first kappa shape index (κ1) is 17.1. The number of carbonyl (C=O) groups excluding carboxylic acids is 2. The lowest BCUT2D eigenvalue weighted by molar-refractivity contribution is -0.136. The normalized spacial score (nSPS) is 14.9. The third kappa shape index (κ3) is 5.48. The summed E-state index contributed by atoms with van der Waals surface area (Å²) in [5, 5.41) is 2.76. The van der Waals surface area contributed by atoms with Gasteiger partial charge in [0.1, 0.15) is 6.42 Å². The highest BCUT2D eigenvalue weighted by Gasteiger charge is 2.23. The van der Waals surface area contributed by atoms with Crippen LogP contribution in [-0.2, 0) is 9.59 Å². The SMILES string of the molecule is CN(C)CCNC(=O)CC(=O)N1CCN(c2ncccn2)CC1. The summed E-state index contributed by atoms with van der Waals surface area (Å²) in [6, 6.07) is 1.78. The molecule has 8 nitrogen and oxygen atoms in total. The number of aromatic nitrogens is 2. The Hall–Kier alpha value is -2.22. The Bertz CT molecular complexity index is 514. The minimum Gasteiger partial charge on any atom is -0.354 e. The molecule has 0 aliphatic carbocycles. The molecule has 1 aromatic rings. The fourth-order valence-electron chi connectivity index (χ4n) is 2.34. The van der Waals surface area contributed by atoms with Crippen LogP contribution in [0.25, 0.3) is 0 Å².